The number of aromatic nitrogens is 1. The molecule has 2 aromatic carbocycles. The lowest BCUT2D eigenvalue weighted by atomic mass is 10.1. The number of nitriles is 1. The Bertz CT molecular complexity index is 799. The summed E-state index contributed by atoms with van der Waals surface area (Å²) in [6.07, 6.45) is 1.41. The largest absolute Gasteiger partial charge is 0.489 e. The predicted octanol–water partition coefficient (Wildman–Crippen LogP) is 3.37. The molecule has 0 saturated heterocycles. The van der Waals surface area contributed by atoms with Gasteiger partial charge in [-0.25, -0.2) is 0 Å². The van der Waals surface area contributed by atoms with Gasteiger partial charge < -0.3 is 15.0 Å². The summed E-state index contributed by atoms with van der Waals surface area (Å²) in [6.45, 7) is 0.442. The molecular weight excluding hydrogens is 278 g/mol. The summed E-state index contributed by atoms with van der Waals surface area (Å²) in [5, 5.41) is 12.6. The summed E-state index contributed by atoms with van der Waals surface area (Å²) in [5.41, 5.74) is 9.40. The number of ether oxygens (including phenoxy) is 1. The number of nitrogens with zero attached hydrogens (tertiary/aromatic N) is 2. The quantitative estimate of drug-likeness (QED) is 0.796. The number of benzene rings is 2. The van der Waals surface area contributed by atoms with Crippen LogP contribution in [0.15, 0.2) is 59.3 Å². The van der Waals surface area contributed by atoms with Gasteiger partial charge in [0.2, 0.25) is 0 Å². The van der Waals surface area contributed by atoms with Gasteiger partial charge in [0.25, 0.3) is 0 Å². The molecule has 0 radical (unpaired) electrons. The second kappa shape index (κ2) is 6.02. The molecule has 0 atom stereocenters. The number of hydrogen-bond acceptors (Lipinski definition) is 5. The van der Waals surface area contributed by atoms with Crippen LogP contribution in [0.1, 0.15) is 11.1 Å². The molecule has 0 bridgehead atoms. The van der Waals surface area contributed by atoms with Gasteiger partial charge in [0.05, 0.1) is 11.6 Å². The molecule has 3 aromatic rings. The Morgan fingerprint density at radius 2 is 1.82 bits per heavy atom. The van der Waals surface area contributed by atoms with E-state index in [0.717, 1.165) is 16.9 Å². The van der Waals surface area contributed by atoms with Crippen LogP contribution in [0.4, 0.5) is 5.69 Å². The lowest BCUT2D eigenvalue weighted by molar-refractivity contribution is 0.306. The third-order valence-corrected chi connectivity index (χ3v) is 3.21. The van der Waals surface area contributed by atoms with E-state index < -0.39 is 0 Å². The molecule has 108 valence electrons. The summed E-state index contributed by atoms with van der Waals surface area (Å²) >= 11 is 0. The lowest BCUT2D eigenvalue weighted by Gasteiger charge is -2.07. The maximum atomic E-state index is 8.76. The van der Waals surface area contributed by atoms with E-state index >= 15 is 0 Å². The van der Waals surface area contributed by atoms with Crippen molar-refractivity contribution in [3.63, 3.8) is 0 Å². The molecule has 3 rings (SSSR count). The molecule has 0 aliphatic carbocycles. The first-order chi connectivity index (χ1) is 10.8. The van der Waals surface area contributed by atoms with Crippen LogP contribution in [0.3, 0.4) is 0 Å². The molecule has 0 fully saturated rings. The normalized spacial score (nSPS) is 10.1. The van der Waals surface area contributed by atoms with Crippen molar-refractivity contribution in [2.45, 2.75) is 6.61 Å². The third kappa shape index (κ3) is 2.91. The highest BCUT2D eigenvalue weighted by atomic mass is 16.5. The Morgan fingerprint density at radius 1 is 1.09 bits per heavy atom. The number of nitrogen functional groups attached to an aromatic ring is 1. The van der Waals surface area contributed by atoms with E-state index in [2.05, 4.69) is 11.2 Å². The molecule has 0 aliphatic rings. The van der Waals surface area contributed by atoms with Crippen LogP contribution in [-0.4, -0.2) is 5.16 Å². The minimum Gasteiger partial charge on any atom is -0.489 e. The van der Waals surface area contributed by atoms with Crippen LogP contribution in [-0.2, 0) is 6.61 Å². The predicted molar refractivity (Wildman–Crippen MR) is 81.8 cm³/mol. The van der Waals surface area contributed by atoms with Gasteiger partial charge in [0.15, 0.2) is 0 Å². The zero-order valence-electron chi connectivity index (χ0n) is 11.7. The Hall–Kier alpha value is -3.26. The van der Waals surface area contributed by atoms with E-state index in [1.54, 1.807) is 12.1 Å². The van der Waals surface area contributed by atoms with Crippen molar-refractivity contribution in [3.05, 3.63) is 65.9 Å². The zero-order chi connectivity index (χ0) is 15.4. The standard InChI is InChI=1S/C17H13N3O2/c18-9-12-1-3-13(4-2-12)10-21-15-7-5-14(6-8-15)17-16(19)11-22-20-17/h1-8,11H,10,19H2. The van der Waals surface area contributed by atoms with Gasteiger partial charge in [-0.2, -0.15) is 5.26 Å². The Balaban J connectivity index is 1.66. The fourth-order valence-corrected chi connectivity index (χ4v) is 2.01. The smallest absolute Gasteiger partial charge is 0.147 e. The first-order valence-electron chi connectivity index (χ1n) is 6.68. The first-order valence-corrected chi connectivity index (χ1v) is 6.68. The van der Waals surface area contributed by atoms with Crippen LogP contribution in [0.2, 0.25) is 0 Å². The van der Waals surface area contributed by atoms with E-state index in [9.17, 15) is 0 Å². The van der Waals surface area contributed by atoms with Crippen LogP contribution in [0, 0.1) is 11.3 Å². The Kier molecular flexibility index (Phi) is 3.75. The average molecular weight is 291 g/mol. The van der Waals surface area contributed by atoms with Gasteiger partial charge in [0.1, 0.15) is 30.0 Å². The monoisotopic (exact) mass is 291 g/mol. The molecule has 0 unspecified atom stereocenters. The average Bonchev–Trinajstić information content (AvgIpc) is 3.00. The highest BCUT2D eigenvalue weighted by molar-refractivity contribution is 5.71. The second-order valence-corrected chi connectivity index (χ2v) is 4.74. The second-order valence-electron chi connectivity index (χ2n) is 4.74. The molecule has 0 amide bonds. The van der Waals surface area contributed by atoms with E-state index in [0.29, 0.717) is 23.6 Å². The summed E-state index contributed by atoms with van der Waals surface area (Å²) in [7, 11) is 0. The third-order valence-electron chi connectivity index (χ3n) is 3.21. The molecule has 22 heavy (non-hydrogen) atoms. The van der Waals surface area contributed by atoms with Crippen molar-refractivity contribution >= 4 is 5.69 Å². The lowest BCUT2D eigenvalue weighted by Crippen LogP contribution is -1.95. The SMILES string of the molecule is N#Cc1ccc(COc2ccc(-c3nocc3N)cc2)cc1. The first kappa shape index (κ1) is 13.7. The van der Waals surface area contributed by atoms with Crippen LogP contribution in [0.25, 0.3) is 11.3 Å². The molecule has 2 N–H and O–H groups in total. The van der Waals surface area contributed by atoms with Gasteiger partial charge in [-0.15, -0.1) is 0 Å². The highest BCUT2D eigenvalue weighted by Crippen LogP contribution is 2.26. The molecule has 0 aliphatic heterocycles. The topological polar surface area (TPSA) is 85.1 Å². The van der Waals surface area contributed by atoms with E-state index in [1.807, 2.05) is 36.4 Å². The van der Waals surface area contributed by atoms with Crippen molar-refractivity contribution in [1.82, 2.24) is 5.16 Å². The summed E-state index contributed by atoms with van der Waals surface area (Å²) in [5.74, 6) is 0.746. The van der Waals surface area contributed by atoms with Gasteiger partial charge in [-0.1, -0.05) is 17.3 Å². The maximum absolute atomic E-state index is 8.76. The zero-order valence-corrected chi connectivity index (χ0v) is 11.7. The molecular formula is C17H13N3O2. The number of rotatable bonds is 4. The number of hydrogen-bond donors (Lipinski definition) is 1. The van der Waals surface area contributed by atoms with Crippen LogP contribution in [0.5, 0.6) is 5.75 Å². The van der Waals surface area contributed by atoms with Crippen LogP contribution >= 0.6 is 0 Å². The van der Waals surface area contributed by atoms with Crippen LogP contribution < -0.4 is 10.5 Å². The van der Waals surface area contributed by atoms with E-state index in [1.165, 1.54) is 6.26 Å². The van der Waals surface area contributed by atoms with Gasteiger partial charge in [0, 0.05) is 5.56 Å². The van der Waals surface area contributed by atoms with E-state index in [4.69, 9.17) is 20.3 Å². The van der Waals surface area contributed by atoms with Crippen molar-refractivity contribution in [3.8, 4) is 23.1 Å². The summed E-state index contributed by atoms with van der Waals surface area (Å²) in [6, 6.07) is 16.9. The molecule has 5 heteroatoms. The summed E-state index contributed by atoms with van der Waals surface area (Å²) in [4.78, 5) is 0. The molecule has 0 saturated carbocycles. The molecule has 5 nitrogen and oxygen atoms in total. The molecule has 0 spiro atoms. The maximum Gasteiger partial charge on any atom is 0.147 e. The minimum atomic E-state index is 0.442. The Labute approximate surface area is 127 Å². The van der Waals surface area contributed by atoms with Gasteiger partial charge >= 0.3 is 0 Å². The van der Waals surface area contributed by atoms with Crippen molar-refractivity contribution in [1.29, 1.82) is 5.26 Å². The molecule has 1 heterocycles. The minimum absolute atomic E-state index is 0.442. The van der Waals surface area contributed by atoms with Gasteiger partial charge in [-0.3, -0.25) is 0 Å². The highest BCUT2D eigenvalue weighted by Gasteiger charge is 2.07. The van der Waals surface area contributed by atoms with Gasteiger partial charge in [-0.05, 0) is 42.0 Å². The Morgan fingerprint density at radius 3 is 2.41 bits per heavy atom. The van der Waals surface area contributed by atoms with Crippen molar-refractivity contribution in [2.24, 2.45) is 0 Å². The fraction of sp³-hybridized carbons (Fsp3) is 0.0588. The van der Waals surface area contributed by atoms with Crippen molar-refractivity contribution < 1.29 is 9.26 Å². The number of nitrogens with two attached hydrogens (primary N) is 1. The summed E-state index contributed by atoms with van der Waals surface area (Å²) < 4.78 is 10.5. The number of anilines is 1. The van der Waals surface area contributed by atoms with E-state index in [-0.39, 0.29) is 0 Å². The van der Waals surface area contributed by atoms with Crippen molar-refractivity contribution in [2.75, 3.05) is 5.73 Å². The molecule has 1 aromatic heterocycles. The fourth-order valence-electron chi connectivity index (χ4n) is 2.01.